The number of ether oxygens (including phenoxy) is 2. The summed E-state index contributed by atoms with van der Waals surface area (Å²) in [5.74, 6) is -0.965. The van der Waals surface area contributed by atoms with Crippen LogP contribution in [-0.4, -0.2) is 64.5 Å². The first-order valence-corrected chi connectivity index (χ1v) is 13.6. The van der Waals surface area contributed by atoms with Crippen LogP contribution in [0.1, 0.15) is 43.7 Å². The second-order valence-corrected chi connectivity index (χ2v) is 9.88. The Kier molecular flexibility index (Phi) is 10.5. The molecule has 0 aliphatic rings. The van der Waals surface area contributed by atoms with Crippen molar-refractivity contribution in [2.75, 3.05) is 33.4 Å². The first-order chi connectivity index (χ1) is 18.7. The molecule has 0 saturated carbocycles. The van der Waals surface area contributed by atoms with E-state index in [0.717, 1.165) is 17.5 Å². The maximum absolute atomic E-state index is 12.7. The normalized spacial score (nSPS) is 10.9. The fraction of sp³-hybridized carbons (Fsp3) is 0.259. The molecular formula is C27H30N4O7S. The van der Waals surface area contributed by atoms with Gasteiger partial charge in [-0.3, -0.25) is 19.4 Å². The topological polar surface area (TPSA) is 153 Å². The molecule has 1 heterocycles. The van der Waals surface area contributed by atoms with Gasteiger partial charge in [-0.25, -0.2) is 13.1 Å². The predicted octanol–water partition coefficient (Wildman–Crippen LogP) is 1.95. The Labute approximate surface area is 227 Å². The van der Waals surface area contributed by atoms with Gasteiger partial charge in [0.2, 0.25) is 0 Å². The summed E-state index contributed by atoms with van der Waals surface area (Å²) in [5, 5.41) is 5.41. The van der Waals surface area contributed by atoms with Crippen LogP contribution in [0.25, 0.3) is 0 Å². The summed E-state index contributed by atoms with van der Waals surface area (Å²) >= 11 is 0. The van der Waals surface area contributed by atoms with E-state index in [-0.39, 0.29) is 27.6 Å². The summed E-state index contributed by atoms with van der Waals surface area (Å²) in [5.41, 5.74) is 1.33. The van der Waals surface area contributed by atoms with Crippen molar-refractivity contribution in [3.05, 3.63) is 89.2 Å². The first-order valence-electron chi connectivity index (χ1n) is 12.1. The van der Waals surface area contributed by atoms with Crippen LogP contribution in [0, 0.1) is 0 Å². The van der Waals surface area contributed by atoms with Gasteiger partial charge < -0.3 is 20.1 Å². The lowest BCUT2D eigenvalue weighted by Gasteiger charge is -2.09. The van der Waals surface area contributed by atoms with Gasteiger partial charge >= 0.3 is 0 Å². The van der Waals surface area contributed by atoms with E-state index in [2.05, 4.69) is 15.6 Å². The zero-order chi connectivity index (χ0) is 28.3. The van der Waals surface area contributed by atoms with Crippen LogP contribution in [0.5, 0.6) is 5.75 Å². The molecule has 0 fully saturated rings. The second kappa shape index (κ2) is 14.0. The van der Waals surface area contributed by atoms with Crippen LogP contribution in [0.4, 0.5) is 0 Å². The van der Waals surface area contributed by atoms with Crippen molar-refractivity contribution in [2.24, 2.45) is 0 Å². The van der Waals surface area contributed by atoms with Crippen molar-refractivity contribution in [1.82, 2.24) is 20.3 Å². The van der Waals surface area contributed by atoms with Gasteiger partial charge in [0.05, 0.1) is 24.2 Å². The lowest BCUT2D eigenvalue weighted by Crippen LogP contribution is -2.31. The number of carbonyl (C=O) groups excluding carboxylic acids is 3. The van der Waals surface area contributed by atoms with Crippen LogP contribution >= 0.6 is 0 Å². The Morgan fingerprint density at radius 2 is 1.49 bits per heavy atom. The van der Waals surface area contributed by atoms with E-state index < -0.39 is 21.8 Å². The van der Waals surface area contributed by atoms with E-state index in [1.165, 1.54) is 36.4 Å². The largest absolute Gasteiger partial charge is 0.497 e. The van der Waals surface area contributed by atoms with Crippen molar-refractivity contribution in [2.45, 2.75) is 18.2 Å². The number of rotatable bonds is 13. The third-order valence-corrected chi connectivity index (χ3v) is 6.85. The Morgan fingerprint density at radius 1 is 0.821 bits per heavy atom. The van der Waals surface area contributed by atoms with Gasteiger partial charge in [-0.1, -0.05) is 12.1 Å². The summed E-state index contributed by atoms with van der Waals surface area (Å²) in [4.78, 5) is 40.7. The molecule has 12 heteroatoms. The molecule has 3 aromatic rings. The predicted molar refractivity (Wildman–Crippen MR) is 143 cm³/mol. The van der Waals surface area contributed by atoms with Crippen molar-refractivity contribution < 1.29 is 32.3 Å². The number of hydrogen-bond acceptors (Lipinski definition) is 8. The number of amides is 3. The molecule has 3 N–H and O–H groups in total. The molecule has 2 aromatic carbocycles. The molecule has 0 aliphatic heterocycles. The van der Waals surface area contributed by atoms with E-state index in [1.807, 2.05) is 35.9 Å². The lowest BCUT2D eigenvalue weighted by atomic mass is 10.1. The van der Waals surface area contributed by atoms with Crippen LogP contribution in [-0.2, 0) is 21.2 Å². The average Bonchev–Trinajstić information content (AvgIpc) is 2.95. The van der Waals surface area contributed by atoms with Gasteiger partial charge in [-0.15, -0.1) is 0 Å². The fourth-order valence-electron chi connectivity index (χ4n) is 3.37. The van der Waals surface area contributed by atoms with E-state index >= 15 is 0 Å². The summed E-state index contributed by atoms with van der Waals surface area (Å²) < 4.78 is 37.6. The SMILES string of the molecule is CCOCCNC(=O)c1ccc(C(=O)NS(=O)(=O)c2ccc(C(=O)NCCc3ccc(OC)cc3)cc2)cn1. The number of nitrogens with one attached hydrogen (secondary N) is 3. The highest BCUT2D eigenvalue weighted by Crippen LogP contribution is 2.13. The summed E-state index contributed by atoms with van der Waals surface area (Å²) in [6, 6.07) is 15.3. The molecule has 1 aromatic heterocycles. The second-order valence-electron chi connectivity index (χ2n) is 8.20. The number of sulfonamides is 1. The van der Waals surface area contributed by atoms with Crippen molar-refractivity contribution in [3.63, 3.8) is 0 Å². The van der Waals surface area contributed by atoms with Crippen molar-refractivity contribution in [3.8, 4) is 5.75 Å². The number of benzene rings is 2. The monoisotopic (exact) mass is 554 g/mol. The molecule has 0 spiro atoms. The molecule has 3 rings (SSSR count). The Hall–Kier alpha value is -4.29. The molecule has 0 aliphatic carbocycles. The zero-order valence-corrected chi connectivity index (χ0v) is 22.4. The first kappa shape index (κ1) is 29.3. The van der Waals surface area contributed by atoms with Gasteiger partial charge in [0.25, 0.3) is 27.7 Å². The molecular weight excluding hydrogens is 524 g/mol. The molecule has 11 nitrogen and oxygen atoms in total. The smallest absolute Gasteiger partial charge is 0.269 e. The van der Waals surface area contributed by atoms with Gasteiger partial charge in [-0.05, 0) is 67.4 Å². The van der Waals surface area contributed by atoms with E-state index in [0.29, 0.717) is 32.7 Å². The minimum Gasteiger partial charge on any atom is -0.497 e. The number of pyridine rings is 1. The van der Waals surface area contributed by atoms with Crippen molar-refractivity contribution in [1.29, 1.82) is 0 Å². The molecule has 0 atom stereocenters. The number of nitrogens with zero attached hydrogens (tertiary/aromatic N) is 1. The third kappa shape index (κ3) is 8.62. The maximum atomic E-state index is 12.7. The molecule has 0 bridgehead atoms. The summed E-state index contributed by atoms with van der Waals surface area (Å²) in [6.45, 7) is 3.43. The lowest BCUT2D eigenvalue weighted by molar-refractivity contribution is 0.0914. The van der Waals surface area contributed by atoms with Gasteiger partial charge in [0.1, 0.15) is 11.4 Å². The van der Waals surface area contributed by atoms with E-state index in [1.54, 1.807) is 7.11 Å². The summed E-state index contributed by atoms with van der Waals surface area (Å²) in [7, 11) is -2.63. The standard InChI is InChI=1S/C27H30N4O7S/c1-3-38-17-16-29-27(34)24-13-8-21(18-30-24)26(33)31-39(35,36)23-11-6-20(7-12-23)25(32)28-15-14-19-4-9-22(37-2)10-5-19/h4-13,18H,3,14-17H2,1-2H3,(H,28,32)(H,29,34)(H,31,33). The minimum atomic E-state index is -4.22. The van der Waals surface area contributed by atoms with Gasteiger partial charge in [-0.2, -0.15) is 0 Å². The zero-order valence-electron chi connectivity index (χ0n) is 21.6. The Balaban J connectivity index is 1.52. The highest BCUT2D eigenvalue weighted by atomic mass is 32.2. The quantitative estimate of drug-likeness (QED) is 0.271. The molecule has 39 heavy (non-hydrogen) atoms. The molecule has 0 saturated heterocycles. The fourth-order valence-corrected chi connectivity index (χ4v) is 4.35. The average molecular weight is 555 g/mol. The van der Waals surface area contributed by atoms with Crippen LogP contribution < -0.4 is 20.1 Å². The van der Waals surface area contributed by atoms with Crippen LogP contribution in [0.15, 0.2) is 71.8 Å². The van der Waals surface area contributed by atoms with Crippen LogP contribution in [0.2, 0.25) is 0 Å². The van der Waals surface area contributed by atoms with Gasteiger partial charge in [0.15, 0.2) is 0 Å². The number of methoxy groups -OCH3 is 1. The molecule has 206 valence electrons. The number of carbonyl (C=O) groups is 3. The summed E-state index contributed by atoms with van der Waals surface area (Å²) in [6.07, 6.45) is 1.73. The van der Waals surface area contributed by atoms with Crippen LogP contribution in [0.3, 0.4) is 0 Å². The molecule has 0 radical (unpaired) electrons. The molecule has 3 amide bonds. The maximum Gasteiger partial charge on any atom is 0.269 e. The molecule has 0 unspecified atom stereocenters. The van der Waals surface area contributed by atoms with E-state index in [9.17, 15) is 22.8 Å². The highest BCUT2D eigenvalue weighted by molar-refractivity contribution is 7.90. The number of hydrogen-bond donors (Lipinski definition) is 3. The highest BCUT2D eigenvalue weighted by Gasteiger charge is 2.20. The minimum absolute atomic E-state index is 0.0442. The Bertz CT molecular complexity index is 1380. The van der Waals surface area contributed by atoms with Crippen molar-refractivity contribution >= 4 is 27.7 Å². The van der Waals surface area contributed by atoms with Gasteiger partial charge in [0, 0.05) is 31.5 Å². The van der Waals surface area contributed by atoms with E-state index in [4.69, 9.17) is 9.47 Å². The third-order valence-electron chi connectivity index (χ3n) is 5.51. The Morgan fingerprint density at radius 3 is 2.10 bits per heavy atom. The number of aromatic nitrogens is 1.